The van der Waals surface area contributed by atoms with E-state index >= 15 is 0 Å². The summed E-state index contributed by atoms with van der Waals surface area (Å²) in [5.74, 6) is 2.70. The minimum atomic E-state index is 0.169. The molecule has 1 aromatic rings. The number of hydrogen-bond donors (Lipinski definition) is 1. The highest BCUT2D eigenvalue weighted by atomic mass is 32.2. The van der Waals surface area contributed by atoms with E-state index in [1.807, 2.05) is 41.8 Å². The van der Waals surface area contributed by atoms with Gasteiger partial charge in [-0.1, -0.05) is 19.1 Å². The summed E-state index contributed by atoms with van der Waals surface area (Å²) in [5, 5.41) is 8.97. The zero-order chi connectivity index (χ0) is 13.7. The first-order chi connectivity index (χ1) is 9.22. The van der Waals surface area contributed by atoms with Crippen LogP contribution in [-0.2, 0) is 4.79 Å². The molecule has 1 aliphatic heterocycles. The summed E-state index contributed by atoms with van der Waals surface area (Å²) in [6, 6.07) is 8.07. The molecule has 1 heterocycles. The average molecular weight is 297 g/mol. The molecule has 0 saturated carbocycles. The number of carbonyl (C=O) groups excluding carboxylic acids is 1. The highest BCUT2D eigenvalue weighted by Crippen LogP contribution is 2.34. The summed E-state index contributed by atoms with van der Waals surface area (Å²) in [6.07, 6.45) is 0. The predicted octanol–water partition coefficient (Wildman–Crippen LogP) is 2.49. The molecule has 2 rings (SSSR count). The Hall–Kier alpha value is -0.650. The van der Waals surface area contributed by atoms with Gasteiger partial charge in [0.05, 0.1) is 11.4 Å². The molecular weight excluding hydrogens is 278 g/mol. The summed E-state index contributed by atoms with van der Waals surface area (Å²) < 4.78 is 0. The molecule has 0 spiro atoms. The van der Waals surface area contributed by atoms with Gasteiger partial charge < -0.3 is 10.0 Å². The van der Waals surface area contributed by atoms with Gasteiger partial charge in [0, 0.05) is 23.8 Å². The number of aliphatic hydroxyl groups excluding tert-OH is 1. The van der Waals surface area contributed by atoms with Crippen LogP contribution < -0.4 is 4.90 Å². The van der Waals surface area contributed by atoms with Gasteiger partial charge in [-0.15, -0.1) is 11.8 Å². The van der Waals surface area contributed by atoms with E-state index in [1.165, 1.54) is 4.90 Å². The average Bonchev–Trinajstić information content (AvgIpc) is 2.46. The zero-order valence-electron chi connectivity index (χ0n) is 11.0. The number of thioether (sulfide) groups is 2. The lowest BCUT2D eigenvalue weighted by atomic mass is 10.2. The second-order valence-electron chi connectivity index (χ2n) is 4.66. The van der Waals surface area contributed by atoms with Crippen LogP contribution in [0.5, 0.6) is 0 Å². The first-order valence-corrected chi connectivity index (χ1v) is 8.57. The van der Waals surface area contributed by atoms with Crippen LogP contribution in [0, 0.1) is 5.92 Å². The van der Waals surface area contributed by atoms with Crippen molar-refractivity contribution in [3.05, 3.63) is 24.3 Å². The third-order valence-electron chi connectivity index (χ3n) is 2.97. The number of amides is 1. The van der Waals surface area contributed by atoms with E-state index in [4.69, 9.17) is 5.11 Å². The lowest BCUT2D eigenvalue weighted by Crippen LogP contribution is -2.36. The Kier molecular flexibility index (Phi) is 5.60. The van der Waals surface area contributed by atoms with E-state index < -0.39 is 0 Å². The Morgan fingerprint density at radius 2 is 2.32 bits per heavy atom. The van der Waals surface area contributed by atoms with Gasteiger partial charge in [0.2, 0.25) is 5.91 Å². The van der Waals surface area contributed by atoms with Crippen LogP contribution in [-0.4, -0.2) is 41.4 Å². The number of hydrogen-bond acceptors (Lipinski definition) is 4. The molecule has 1 aliphatic rings. The van der Waals surface area contributed by atoms with E-state index in [0.717, 1.165) is 23.7 Å². The molecule has 1 amide bonds. The standard InChI is InChI=1S/C14H19NO2S2/c1-11(8-16)9-18-10-14(17)15-6-7-19-13-5-3-2-4-12(13)15/h2-5,11,16H,6-10H2,1H3. The zero-order valence-corrected chi connectivity index (χ0v) is 12.7. The molecule has 5 heteroatoms. The summed E-state index contributed by atoms with van der Waals surface area (Å²) in [5.41, 5.74) is 1.04. The number of fused-ring (bicyclic) bond motifs is 1. The molecule has 1 N–H and O–H groups in total. The SMILES string of the molecule is CC(CO)CSCC(=O)N1CCSc2ccccc21. The molecule has 19 heavy (non-hydrogen) atoms. The smallest absolute Gasteiger partial charge is 0.237 e. The van der Waals surface area contributed by atoms with Gasteiger partial charge in [-0.05, 0) is 23.8 Å². The molecule has 1 aromatic carbocycles. The van der Waals surface area contributed by atoms with Crippen LogP contribution in [0.2, 0.25) is 0 Å². The fraction of sp³-hybridized carbons (Fsp3) is 0.500. The molecule has 3 nitrogen and oxygen atoms in total. The normalized spacial score (nSPS) is 16.0. The van der Waals surface area contributed by atoms with Crippen molar-refractivity contribution >= 4 is 35.1 Å². The number of rotatable bonds is 5. The van der Waals surface area contributed by atoms with Crippen molar-refractivity contribution in [2.24, 2.45) is 5.92 Å². The second kappa shape index (κ2) is 7.22. The van der Waals surface area contributed by atoms with Crippen molar-refractivity contribution in [2.75, 3.05) is 35.3 Å². The maximum Gasteiger partial charge on any atom is 0.237 e. The van der Waals surface area contributed by atoms with E-state index in [9.17, 15) is 4.79 Å². The van der Waals surface area contributed by atoms with Crippen molar-refractivity contribution in [3.8, 4) is 0 Å². The minimum absolute atomic E-state index is 0.169. The number of para-hydroxylation sites is 1. The predicted molar refractivity (Wildman–Crippen MR) is 83.1 cm³/mol. The van der Waals surface area contributed by atoms with Crippen molar-refractivity contribution in [3.63, 3.8) is 0 Å². The van der Waals surface area contributed by atoms with Crippen molar-refractivity contribution in [1.82, 2.24) is 0 Å². The number of anilines is 1. The summed E-state index contributed by atoms with van der Waals surface area (Å²) in [7, 11) is 0. The van der Waals surface area contributed by atoms with Gasteiger partial charge in [-0.2, -0.15) is 11.8 Å². The lowest BCUT2D eigenvalue weighted by molar-refractivity contribution is -0.116. The number of benzene rings is 1. The van der Waals surface area contributed by atoms with Gasteiger partial charge in [0.25, 0.3) is 0 Å². The van der Waals surface area contributed by atoms with Gasteiger partial charge in [0.15, 0.2) is 0 Å². The molecule has 104 valence electrons. The van der Waals surface area contributed by atoms with E-state index in [2.05, 4.69) is 6.07 Å². The molecule has 0 aliphatic carbocycles. The maximum absolute atomic E-state index is 12.3. The summed E-state index contributed by atoms with van der Waals surface area (Å²) in [6.45, 7) is 2.96. The molecule has 0 fully saturated rings. The van der Waals surface area contributed by atoms with Crippen LogP contribution in [0.25, 0.3) is 0 Å². The number of nitrogens with zero attached hydrogens (tertiary/aromatic N) is 1. The molecule has 0 bridgehead atoms. The molecule has 0 aromatic heterocycles. The maximum atomic E-state index is 12.3. The van der Waals surface area contributed by atoms with Crippen LogP contribution in [0.3, 0.4) is 0 Å². The highest BCUT2D eigenvalue weighted by Gasteiger charge is 2.22. The highest BCUT2D eigenvalue weighted by molar-refractivity contribution is 8.00. The van der Waals surface area contributed by atoms with Crippen molar-refractivity contribution in [1.29, 1.82) is 0 Å². The summed E-state index contributed by atoms with van der Waals surface area (Å²) in [4.78, 5) is 15.3. The fourth-order valence-electron chi connectivity index (χ4n) is 1.91. The lowest BCUT2D eigenvalue weighted by Gasteiger charge is -2.29. The van der Waals surface area contributed by atoms with Crippen molar-refractivity contribution < 1.29 is 9.90 Å². The Labute approximate surface area is 122 Å². The first kappa shape index (κ1) is 14.8. The minimum Gasteiger partial charge on any atom is -0.396 e. The number of carbonyl (C=O) groups is 1. The number of aliphatic hydroxyl groups is 1. The van der Waals surface area contributed by atoms with Crippen LogP contribution in [0.4, 0.5) is 5.69 Å². The Morgan fingerprint density at radius 1 is 1.53 bits per heavy atom. The third kappa shape index (κ3) is 3.91. The Bertz CT molecular complexity index is 439. The van der Waals surface area contributed by atoms with Crippen molar-refractivity contribution in [2.45, 2.75) is 11.8 Å². The monoisotopic (exact) mass is 297 g/mol. The van der Waals surface area contributed by atoms with Gasteiger partial charge in [-0.25, -0.2) is 0 Å². The molecular formula is C14H19NO2S2. The largest absolute Gasteiger partial charge is 0.396 e. The Morgan fingerprint density at radius 3 is 3.11 bits per heavy atom. The Balaban J connectivity index is 1.93. The third-order valence-corrected chi connectivity index (χ3v) is 5.27. The molecule has 0 radical (unpaired) electrons. The van der Waals surface area contributed by atoms with Gasteiger partial charge >= 0.3 is 0 Å². The van der Waals surface area contributed by atoms with E-state index in [-0.39, 0.29) is 18.4 Å². The quantitative estimate of drug-likeness (QED) is 0.906. The first-order valence-electron chi connectivity index (χ1n) is 6.43. The molecule has 1 unspecified atom stereocenters. The van der Waals surface area contributed by atoms with Gasteiger partial charge in [0.1, 0.15) is 0 Å². The fourth-order valence-corrected chi connectivity index (χ4v) is 3.86. The van der Waals surface area contributed by atoms with E-state index in [1.54, 1.807) is 11.8 Å². The van der Waals surface area contributed by atoms with Crippen LogP contribution in [0.1, 0.15) is 6.92 Å². The topological polar surface area (TPSA) is 40.5 Å². The summed E-state index contributed by atoms with van der Waals surface area (Å²) >= 11 is 3.41. The van der Waals surface area contributed by atoms with E-state index in [0.29, 0.717) is 5.75 Å². The molecule has 1 atom stereocenters. The van der Waals surface area contributed by atoms with Crippen LogP contribution in [0.15, 0.2) is 29.2 Å². The van der Waals surface area contributed by atoms with Gasteiger partial charge in [-0.3, -0.25) is 4.79 Å². The second-order valence-corrected chi connectivity index (χ2v) is 6.83. The van der Waals surface area contributed by atoms with Crippen LogP contribution >= 0.6 is 23.5 Å². The molecule has 0 saturated heterocycles.